The normalized spacial score (nSPS) is 11.6. The van der Waals surface area contributed by atoms with Gasteiger partial charge in [0.05, 0.1) is 7.11 Å². The number of amides is 1. The number of likely N-dealkylation sites (N-methyl/N-ethyl adjacent to an activating group) is 1. The average Bonchev–Trinajstić information content (AvgIpc) is 2.31. The monoisotopic (exact) mass is 231 g/mol. The molecule has 0 unspecified atom stereocenters. The van der Waals surface area contributed by atoms with Crippen LogP contribution in [-0.4, -0.2) is 25.1 Å². The van der Waals surface area contributed by atoms with Crippen molar-refractivity contribution in [1.29, 1.82) is 0 Å². The highest BCUT2D eigenvalue weighted by atomic mass is 19.1. The third kappa shape index (κ3) is 6.56. The fourth-order valence-corrected chi connectivity index (χ4v) is 1.30. The smallest absolute Gasteiger partial charge is 0.274 e. The van der Waals surface area contributed by atoms with E-state index in [2.05, 4.69) is 11.8 Å². The number of nitrogens with zero attached hydrogens (tertiary/aromatic N) is 1. The van der Waals surface area contributed by atoms with Crippen molar-refractivity contribution in [2.24, 2.45) is 0 Å². The molecule has 16 heavy (non-hydrogen) atoms. The van der Waals surface area contributed by atoms with E-state index in [0.29, 0.717) is 6.42 Å². The molecule has 0 bridgehead atoms. The maximum atomic E-state index is 13.2. The van der Waals surface area contributed by atoms with Crippen molar-refractivity contribution in [1.82, 2.24) is 5.06 Å². The summed E-state index contributed by atoms with van der Waals surface area (Å²) < 4.78 is 13.2. The Morgan fingerprint density at radius 2 is 1.94 bits per heavy atom. The molecule has 4 heteroatoms. The van der Waals surface area contributed by atoms with E-state index in [1.807, 2.05) is 0 Å². The predicted molar refractivity (Wildman–Crippen MR) is 62.3 cm³/mol. The Balaban J connectivity index is 3.74. The first kappa shape index (κ1) is 15.1. The molecular formula is C12H22FNO2. The molecule has 0 spiro atoms. The molecular weight excluding hydrogens is 209 g/mol. The van der Waals surface area contributed by atoms with Crippen LogP contribution in [0.4, 0.5) is 4.39 Å². The minimum atomic E-state index is -0.736. The lowest BCUT2D eigenvalue weighted by molar-refractivity contribution is -0.165. The summed E-state index contributed by atoms with van der Waals surface area (Å²) in [6, 6.07) is 0. The van der Waals surface area contributed by atoms with Crippen LogP contribution in [0.25, 0.3) is 0 Å². The van der Waals surface area contributed by atoms with E-state index in [4.69, 9.17) is 0 Å². The van der Waals surface area contributed by atoms with Gasteiger partial charge in [-0.05, 0) is 18.9 Å². The molecule has 94 valence electrons. The van der Waals surface area contributed by atoms with E-state index in [0.717, 1.165) is 17.9 Å². The molecule has 0 atom stereocenters. The minimum Gasteiger partial charge on any atom is -0.274 e. The summed E-state index contributed by atoms with van der Waals surface area (Å²) in [6.07, 6.45) is 7.56. The number of halogens is 1. The van der Waals surface area contributed by atoms with Gasteiger partial charge in [-0.15, -0.1) is 0 Å². The van der Waals surface area contributed by atoms with Crippen molar-refractivity contribution in [3.63, 3.8) is 0 Å². The first-order chi connectivity index (χ1) is 7.63. The molecule has 0 N–H and O–H groups in total. The fourth-order valence-electron chi connectivity index (χ4n) is 1.30. The zero-order chi connectivity index (χ0) is 12.4. The van der Waals surface area contributed by atoms with Gasteiger partial charge in [0.25, 0.3) is 0 Å². The number of allylic oxidation sites excluding steroid dienone is 1. The Morgan fingerprint density at radius 3 is 2.50 bits per heavy atom. The minimum absolute atomic E-state index is 0.610. The van der Waals surface area contributed by atoms with Crippen LogP contribution in [0.2, 0.25) is 0 Å². The van der Waals surface area contributed by atoms with Crippen molar-refractivity contribution < 1.29 is 14.0 Å². The number of carbonyl (C=O) groups is 1. The molecule has 0 heterocycles. The molecule has 0 aliphatic rings. The van der Waals surface area contributed by atoms with Crippen LogP contribution >= 0.6 is 0 Å². The van der Waals surface area contributed by atoms with Crippen molar-refractivity contribution >= 4 is 5.91 Å². The first-order valence-corrected chi connectivity index (χ1v) is 5.81. The highest BCUT2D eigenvalue weighted by Gasteiger charge is 2.13. The van der Waals surface area contributed by atoms with Crippen LogP contribution in [0.3, 0.4) is 0 Å². The van der Waals surface area contributed by atoms with Gasteiger partial charge in [0.15, 0.2) is 5.83 Å². The van der Waals surface area contributed by atoms with Crippen molar-refractivity contribution in [3.05, 3.63) is 11.9 Å². The summed E-state index contributed by atoms with van der Waals surface area (Å²) in [4.78, 5) is 15.8. The van der Waals surface area contributed by atoms with Gasteiger partial charge in [-0.3, -0.25) is 9.63 Å². The summed E-state index contributed by atoms with van der Waals surface area (Å²) in [6.45, 7) is 2.15. The molecule has 0 aromatic carbocycles. The molecule has 3 nitrogen and oxygen atoms in total. The maximum absolute atomic E-state index is 13.2. The lowest BCUT2D eigenvalue weighted by atomic mass is 10.1. The SMILES string of the molecule is CCCCCCC/C=C(\F)C(=O)N(C)OC. The van der Waals surface area contributed by atoms with Crippen molar-refractivity contribution in [2.45, 2.75) is 45.4 Å². The Labute approximate surface area is 97.2 Å². The highest BCUT2D eigenvalue weighted by molar-refractivity contribution is 5.90. The molecule has 0 saturated carbocycles. The van der Waals surface area contributed by atoms with E-state index in [1.165, 1.54) is 39.5 Å². The molecule has 0 aliphatic carbocycles. The zero-order valence-corrected chi connectivity index (χ0v) is 10.5. The van der Waals surface area contributed by atoms with Crippen LogP contribution in [-0.2, 0) is 9.63 Å². The number of hydrogen-bond acceptors (Lipinski definition) is 2. The quantitative estimate of drug-likeness (QED) is 0.364. The van der Waals surface area contributed by atoms with E-state index in [1.54, 1.807) is 0 Å². The topological polar surface area (TPSA) is 29.5 Å². The molecule has 1 amide bonds. The van der Waals surface area contributed by atoms with Crippen LogP contribution < -0.4 is 0 Å². The molecule has 0 saturated heterocycles. The second-order valence-corrected chi connectivity index (χ2v) is 3.74. The molecule has 0 rings (SSSR count). The zero-order valence-electron chi connectivity index (χ0n) is 10.5. The van der Waals surface area contributed by atoms with Gasteiger partial charge in [-0.2, -0.15) is 0 Å². The van der Waals surface area contributed by atoms with Crippen LogP contribution in [0, 0.1) is 0 Å². The summed E-state index contributed by atoms with van der Waals surface area (Å²) in [5.74, 6) is -1.46. The second-order valence-electron chi connectivity index (χ2n) is 3.74. The second kappa shape index (κ2) is 9.33. The maximum Gasteiger partial charge on any atom is 0.305 e. The van der Waals surface area contributed by atoms with Gasteiger partial charge in [0.2, 0.25) is 0 Å². The molecule has 0 aromatic heterocycles. The number of unbranched alkanes of at least 4 members (excludes halogenated alkanes) is 5. The number of hydroxylamine groups is 2. The first-order valence-electron chi connectivity index (χ1n) is 5.81. The van der Waals surface area contributed by atoms with Gasteiger partial charge in [0.1, 0.15) is 0 Å². The largest absolute Gasteiger partial charge is 0.305 e. The summed E-state index contributed by atoms with van der Waals surface area (Å²) in [7, 11) is 2.72. The van der Waals surface area contributed by atoms with E-state index >= 15 is 0 Å². The van der Waals surface area contributed by atoms with Gasteiger partial charge < -0.3 is 0 Å². The predicted octanol–water partition coefficient (Wildman–Crippen LogP) is 3.22. The van der Waals surface area contributed by atoms with Crippen LogP contribution in [0.5, 0.6) is 0 Å². The standard InChI is InChI=1S/C12H22FNO2/c1-4-5-6-7-8-9-10-11(13)12(15)14(2)16-3/h10H,4-9H2,1-3H3/b11-10-. The molecule has 0 radical (unpaired) electrons. The van der Waals surface area contributed by atoms with Crippen molar-refractivity contribution in [3.8, 4) is 0 Å². The number of carbonyl (C=O) groups excluding carboxylic acids is 1. The summed E-state index contributed by atoms with van der Waals surface area (Å²) >= 11 is 0. The molecule has 0 fully saturated rings. The third-order valence-corrected chi connectivity index (χ3v) is 2.40. The van der Waals surface area contributed by atoms with E-state index < -0.39 is 11.7 Å². The van der Waals surface area contributed by atoms with Crippen LogP contribution in [0.1, 0.15) is 45.4 Å². The highest BCUT2D eigenvalue weighted by Crippen LogP contribution is 2.09. The Kier molecular flexibility index (Phi) is 8.81. The summed E-state index contributed by atoms with van der Waals surface area (Å²) in [5, 5.41) is 0.878. The lowest BCUT2D eigenvalue weighted by Crippen LogP contribution is -2.25. The fraction of sp³-hybridized carbons (Fsp3) is 0.750. The van der Waals surface area contributed by atoms with Gasteiger partial charge in [-0.25, -0.2) is 9.45 Å². The van der Waals surface area contributed by atoms with E-state index in [9.17, 15) is 9.18 Å². The van der Waals surface area contributed by atoms with Gasteiger partial charge in [0, 0.05) is 7.05 Å². The van der Waals surface area contributed by atoms with E-state index in [-0.39, 0.29) is 0 Å². The lowest BCUT2D eigenvalue weighted by Gasteiger charge is -2.11. The van der Waals surface area contributed by atoms with Gasteiger partial charge >= 0.3 is 5.91 Å². The molecule has 0 aromatic rings. The van der Waals surface area contributed by atoms with Crippen LogP contribution in [0.15, 0.2) is 11.9 Å². The Bertz CT molecular complexity index is 229. The summed E-state index contributed by atoms with van der Waals surface area (Å²) in [5.41, 5.74) is 0. The van der Waals surface area contributed by atoms with Crippen molar-refractivity contribution in [2.75, 3.05) is 14.2 Å². The number of hydrogen-bond donors (Lipinski definition) is 0. The average molecular weight is 231 g/mol. The third-order valence-electron chi connectivity index (χ3n) is 2.40. The van der Waals surface area contributed by atoms with Gasteiger partial charge in [-0.1, -0.05) is 32.6 Å². The molecule has 0 aliphatic heterocycles. The Hall–Kier alpha value is -0.900. The number of rotatable bonds is 8. The Morgan fingerprint density at radius 1 is 1.31 bits per heavy atom.